The number of benzene rings is 2. The number of nitrogens with one attached hydrogen (secondary N) is 2. The van der Waals surface area contributed by atoms with Gasteiger partial charge in [0.05, 0.1) is 17.9 Å². The first-order valence-corrected chi connectivity index (χ1v) is 9.17. The van der Waals surface area contributed by atoms with Crippen molar-refractivity contribution in [1.29, 1.82) is 0 Å². The molecule has 0 saturated heterocycles. The first-order chi connectivity index (χ1) is 14.0. The minimum Gasteiger partial charge on any atom is -0.490 e. The third-order valence-electron chi connectivity index (χ3n) is 3.52. The molecule has 6 nitrogen and oxygen atoms in total. The van der Waals surface area contributed by atoms with Gasteiger partial charge < -0.3 is 10.1 Å². The fraction of sp³-hybridized carbons (Fsp3) is 0.250. The summed E-state index contributed by atoms with van der Waals surface area (Å²) in [5.41, 5.74) is 1.72. The van der Waals surface area contributed by atoms with Gasteiger partial charge in [0.25, 0.3) is 0 Å². The van der Waals surface area contributed by atoms with Gasteiger partial charge in [0.1, 0.15) is 12.2 Å². The van der Waals surface area contributed by atoms with Crippen molar-refractivity contribution >= 4 is 35.3 Å². The van der Waals surface area contributed by atoms with Gasteiger partial charge in [-0.15, -0.1) is 0 Å². The van der Waals surface area contributed by atoms with Gasteiger partial charge in [0, 0.05) is 16.3 Å². The Morgan fingerprint density at radius 2 is 1.90 bits per heavy atom. The lowest BCUT2D eigenvalue weighted by molar-refractivity contribution is -0.137. The first kappa shape index (κ1) is 23.2. The standard InChI is InChI=1S/C20H19ClF3N3O3/c1-12(2)30-17-7-6-15(21)8-13(17)11-25-27-19(29)10-18(28)26-16-5-3-4-14(9-16)20(22,23)24/h3-9,11-12H,10H2,1-2H3,(H,26,28)(H,27,29). The van der Waals surface area contributed by atoms with E-state index in [1.165, 1.54) is 12.3 Å². The number of alkyl halides is 3. The number of ether oxygens (including phenoxy) is 1. The van der Waals surface area contributed by atoms with E-state index < -0.39 is 30.0 Å². The van der Waals surface area contributed by atoms with Crippen LogP contribution < -0.4 is 15.5 Å². The first-order valence-electron chi connectivity index (χ1n) is 8.80. The van der Waals surface area contributed by atoms with E-state index in [-0.39, 0.29) is 11.8 Å². The lowest BCUT2D eigenvalue weighted by atomic mass is 10.2. The number of carbonyl (C=O) groups excluding carboxylic acids is 2. The van der Waals surface area contributed by atoms with Crippen LogP contribution in [0.3, 0.4) is 0 Å². The summed E-state index contributed by atoms with van der Waals surface area (Å²) in [4.78, 5) is 23.8. The van der Waals surface area contributed by atoms with Crippen molar-refractivity contribution in [2.75, 3.05) is 5.32 Å². The number of hydrogen-bond acceptors (Lipinski definition) is 4. The summed E-state index contributed by atoms with van der Waals surface area (Å²) >= 11 is 5.95. The van der Waals surface area contributed by atoms with Gasteiger partial charge in [0.15, 0.2) is 0 Å². The van der Waals surface area contributed by atoms with Crippen LogP contribution in [0.5, 0.6) is 5.75 Å². The van der Waals surface area contributed by atoms with Gasteiger partial charge in [0.2, 0.25) is 11.8 Å². The zero-order chi connectivity index (χ0) is 22.3. The summed E-state index contributed by atoms with van der Waals surface area (Å²) in [6.07, 6.45) is -3.94. The second kappa shape index (κ2) is 10.1. The molecule has 0 fully saturated rings. The molecule has 0 aliphatic carbocycles. The van der Waals surface area contributed by atoms with E-state index in [4.69, 9.17) is 16.3 Å². The summed E-state index contributed by atoms with van der Waals surface area (Å²) in [6, 6.07) is 9.01. The summed E-state index contributed by atoms with van der Waals surface area (Å²) in [6.45, 7) is 3.70. The minimum absolute atomic E-state index is 0.0690. The molecule has 30 heavy (non-hydrogen) atoms. The molecule has 0 unspecified atom stereocenters. The molecule has 2 N–H and O–H groups in total. The molecule has 0 spiro atoms. The van der Waals surface area contributed by atoms with Gasteiger partial charge in [-0.05, 0) is 50.2 Å². The highest BCUT2D eigenvalue weighted by atomic mass is 35.5. The maximum absolute atomic E-state index is 12.7. The van der Waals surface area contributed by atoms with E-state index in [1.54, 1.807) is 18.2 Å². The third-order valence-corrected chi connectivity index (χ3v) is 3.76. The molecule has 0 heterocycles. The van der Waals surface area contributed by atoms with E-state index in [1.807, 2.05) is 13.8 Å². The average molecular weight is 442 g/mol. The van der Waals surface area contributed by atoms with Crippen LogP contribution >= 0.6 is 11.6 Å². The summed E-state index contributed by atoms with van der Waals surface area (Å²) in [5, 5.41) is 6.45. The highest BCUT2D eigenvalue weighted by Gasteiger charge is 2.30. The zero-order valence-electron chi connectivity index (χ0n) is 16.1. The van der Waals surface area contributed by atoms with Crippen LogP contribution in [0.25, 0.3) is 0 Å². The molecule has 0 aliphatic rings. The van der Waals surface area contributed by atoms with Gasteiger partial charge in [-0.2, -0.15) is 18.3 Å². The number of anilines is 1. The molecule has 160 valence electrons. The number of carbonyl (C=O) groups is 2. The van der Waals surface area contributed by atoms with Crippen LogP contribution in [-0.4, -0.2) is 24.1 Å². The highest BCUT2D eigenvalue weighted by Crippen LogP contribution is 2.30. The van der Waals surface area contributed by atoms with Crippen LogP contribution in [0.4, 0.5) is 18.9 Å². The van der Waals surface area contributed by atoms with Crippen molar-refractivity contribution in [3.8, 4) is 5.75 Å². The molecule has 0 bridgehead atoms. The molecule has 2 aromatic rings. The second-order valence-electron chi connectivity index (χ2n) is 6.45. The maximum Gasteiger partial charge on any atom is 0.416 e. The van der Waals surface area contributed by atoms with Crippen molar-refractivity contribution in [1.82, 2.24) is 5.43 Å². The zero-order valence-corrected chi connectivity index (χ0v) is 16.8. The average Bonchev–Trinajstić information content (AvgIpc) is 2.63. The molecule has 2 amide bonds. The largest absolute Gasteiger partial charge is 0.490 e. The summed E-state index contributed by atoms with van der Waals surface area (Å²) in [5.74, 6) is -1.02. The number of nitrogens with zero attached hydrogens (tertiary/aromatic N) is 1. The normalized spacial score (nSPS) is 11.6. The molecule has 0 aromatic heterocycles. The van der Waals surface area contributed by atoms with Crippen LogP contribution in [0.2, 0.25) is 5.02 Å². The van der Waals surface area contributed by atoms with Crippen molar-refractivity contribution in [3.05, 3.63) is 58.6 Å². The van der Waals surface area contributed by atoms with Crippen LogP contribution in [-0.2, 0) is 15.8 Å². The van der Waals surface area contributed by atoms with E-state index >= 15 is 0 Å². The lowest BCUT2D eigenvalue weighted by Crippen LogP contribution is -2.24. The summed E-state index contributed by atoms with van der Waals surface area (Å²) in [7, 11) is 0. The number of rotatable bonds is 7. The predicted molar refractivity (Wildman–Crippen MR) is 108 cm³/mol. The number of hydrazone groups is 1. The van der Waals surface area contributed by atoms with E-state index in [0.29, 0.717) is 16.3 Å². The van der Waals surface area contributed by atoms with E-state index in [9.17, 15) is 22.8 Å². The number of hydrogen-bond donors (Lipinski definition) is 2. The monoisotopic (exact) mass is 441 g/mol. The minimum atomic E-state index is -4.54. The smallest absolute Gasteiger partial charge is 0.416 e. The van der Waals surface area contributed by atoms with Gasteiger partial charge in [-0.25, -0.2) is 5.43 Å². The maximum atomic E-state index is 12.7. The molecule has 0 saturated carbocycles. The molecule has 10 heteroatoms. The Morgan fingerprint density at radius 1 is 1.17 bits per heavy atom. The molecule has 0 aliphatic heterocycles. The Bertz CT molecular complexity index is 946. The SMILES string of the molecule is CC(C)Oc1ccc(Cl)cc1C=NNC(=O)CC(=O)Nc1cccc(C(F)(F)F)c1. The lowest BCUT2D eigenvalue weighted by Gasteiger charge is -2.12. The van der Waals surface area contributed by atoms with Gasteiger partial charge >= 0.3 is 6.18 Å². The quantitative estimate of drug-likeness (QED) is 0.373. The van der Waals surface area contributed by atoms with Gasteiger partial charge in [-0.1, -0.05) is 17.7 Å². The van der Waals surface area contributed by atoms with Crippen molar-refractivity contribution in [3.63, 3.8) is 0 Å². The van der Waals surface area contributed by atoms with Gasteiger partial charge in [-0.3, -0.25) is 9.59 Å². The Labute approximate surface area is 176 Å². The Morgan fingerprint density at radius 3 is 2.57 bits per heavy atom. The van der Waals surface area contributed by atoms with Crippen molar-refractivity contribution in [2.24, 2.45) is 5.10 Å². The van der Waals surface area contributed by atoms with Crippen molar-refractivity contribution in [2.45, 2.75) is 32.5 Å². The van der Waals surface area contributed by atoms with Crippen molar-refractivity contribution < 1.29 is 27.5 Å². The third kappa shape index (κ3) is 7.40. The molecule has 0 atom stereocenters. The van der Waals surface area contributed by atoms with E-state index in [0.717, 1.165) is 18.2 Å². The fourth-order valence-electron chi connectivity index (χ4n) is 2.32. The highest BCUT2D eigenvalue weighted by molar-refractivity contribution is 6.30. The molecule has 0 radical (unpaired) electrons. The fourth-order valence-corrected chi connectivity index (χ4v) is 2.50. The number of halogens is 4. The predicted octanol–water partition coefficient (Wildman–Crippen LogP) is 4.62. The number of amides is 2. The Kier molecular flexibility index (Phi) is 7.82. The topological polar surface area (TPSA) is 79.8 Å². The molecular weight excluding hydrogens is 423 g/mol. The van der Waals surface area contributed by atoms with Crippen LogP contribution in [0.1, 0.15) is 31.4 Å². The molecule has 2 aromatic carbocycles. The van der Waals surface area contributed by atoms with E-state index in [2.05, 4.69) is 15.8 Å². The second-order valence-corrected chi connectivity index (χ2v) is 6.88. The Balaban J connectivity index is 1.94. The Hall–Kier alpha value is -3.07. The van der Waals surface area contributed by atoms with Crippen LogP contribution in [0.15, 0.2) is 47.6 Å². The molecule has 2 rings (SSSR count). The molecular formula is C20H19ClF3N3O3. The summed E-state index contributed by atoms with van der Waals surface area (Å²) < 4.78 is 43.7. The van der Waals surface area contributed by atoms with Crippen LogP contribution in [0, 0.1) is 0 Å².